The van der Waals surface area contributed by atoms with Gasteiger partial charge in [0.25, 0.3) is 0 Å². The highest BCUT2D eigenvalue weighted by molar-refractivity contribution is 5.73. The Morgan fingerprint density at radius 1 is 1.17 bits per heavy atom. The molecule has 0 aliphatic heterocycles. The molecule has 4 nitrogen and oxygen atoms in total. The zero-order valence-corrected chi connectivity index (χ0v) is 12.2. The third-order valence-corrected chi connectivity index (χ3v) is 2.47. The van der Waals surface area contributed by atoms with Gasteiger partial charge in [-0.15, -0.1) is 0 Å². The van der Waals surface area contributed by atoms with Crippen LogP contribution in [0.4, 0.5) is 0 Å². The molecule has 18 heavy (non-hydrogen) atoms. The normalized spacial score (nSPS) is 12.9. The molecule has 0 spiro atoms. The number of carbonyl (C=O) groups excluding carboxylic acids is 2. The van der Waals surface area contributed by atoms with Crippen LogP contribution in [-0.2, 0) is 19.1 Å². The molecule has 0 aliphatic carbocycles. The van der Waals surface area contributed by atoms with E-state index in [0.29, 0.717) is 25.9 Å². The molecule has 0 aromatic carbocycles. The highest BCUT2D eigenvalue weighted by Gasteiger charge is 2.23. The average Bonchev–Trinajstić information content (AvgIpc) is 2.22. The lowest BCUT2D eigenvalue weighted by atomic mass is 9.99. The van der Waals surface area contributed by atoms with Gasteiger partial charge in [-0.05, 0) is 47.0 Å². The topological polar surface area (TPSA) is 52.6 Å². The van der Waals surface area contributed by atoms with Gasteiger partial charge in [-0.2, -0.15) is 0 Å². The molecule has 4 heteroatoms. The van der Waals surface area contributed by atoms with Gasteiger partial charge < -0.3 is 9.47 Å². The van der Waals surface area contributed by atoms with Crippen molar-refractivity contribution in [1.82, 2.24) is 0 Å². The van der Waals surface area contributed by atoms with E-state index in [1.807, 2.05) is 27.7 Å². The second kappa shape index (κ2) is 8.11. The monoisotopic (exact) mass is 258 g/mol. The Balaban J connectivity index is 4.04. The Morgan fingerprint density at radius 2 is 1.78 bits per heavy atom. The zero-order valence-electron chi connectivity index (χ0n) is 12.2. The first-order valence-electron chi connectivity index (χ1n) is 6.68. The minimum atomic E-state index is -0.453. The smallest absolute Gasteiger partial charge is 0.309 e. The van der Waals surface area contributed by atoms with Gasteiger partial charge >= 0.3 is 11.9 Å². The van der Waals surface area contributed by atoms with Crippen LogP contribution in [0.5, 0.6) is 0 Å². The van der Waals surface area contributed by atoms with E-state index in [1.54, 1.807) is 6.92 Å². The Hall–Kier alpha value is -1.06. The molecule has 0 aromatic heterocycles. The van der Waals surface area contributed by atoms with Crippen molar-refractivity contribution in [2.45, 2.75) is 65.9 Å². The summed E-state index contributed by atoms with van der Waals surface area (Å²) in [5.41, 5.74) is -0.453. The molecular weight excluding hydrogens is 232 g/mol. The van der Waals surface area contributed by atoms with Gasteiger partial charge in [-0.3, -0.25) is 9.59 Å². The van der Waals surface area contributed by atoms with E-state index < -0.39 is 5.60 Å². The second-order valence-electron chi connectivity index (χ2n) is 5.34. The molecule has 0 saturated carbocycles. The summed E-state index contributed by atoms with van der Waals surface area (Å²) < 4.78 is 10.2. The minimum Gasteiger partial charge on any atom is -0.466 e. The van der Waals surface area contributed by atoms with Crippen LogP contribution in [0.15, 0.2) is 0 Å². The summed E-state index contributed by atoms with van der Waals surface area (Å²) in [4.78, 5) is 23.0. The third kappa shape index (κ3) is 8.09. The fraction of sp³-hybridized carbons (Fsp3) is 0.857. The summed E-state index contributed by atoms with van der Waals surface area (Å²) in [6.45, 7) is 9.72. The van der Waals surface area contributed by atoms with Crippen LogP contribution in [0.25, 0.3) is 0 Å². The maximum absolute atomic E-state index is 11.9. The fourth-order valence-corrected chi connectivity index (χ4v) is 1.60. The molecule has 0 amide bonds. The Labute approximate surface area is 110 Å². The second-order valence-corrected chi connectivity index (χ2v) is 5.34. The van der Waals surface area contributed by atoms with E-state index in [0.717, 1.165) is 6.42 Å². The molecule has 1 unspecified atom stereocenters. The summed E-state index contributed by atoms with van der Waals surface area (Å²) in [5.74, 6) is -0.496. The van der Waals surface area contributed by atoms with Crippen molar-refractivity contribution in [3.05, 3.63) is 0 Å². The number of carbonyl (C=O) groups is 2. The van der Waals surface area contributed by atoms with Gasteiger partial charge in [-0.1, -0.05) is 6.92 Å². The first-order chi connectivity index (χ1) is 8.30. The van der Waals surface area contributed by atoms with Crippen molar-refractivity contribution in [2.75, 3.05) is 6.61 Å². The molecular formula is C14H26O4. The van der Waals surface area contributed by atoms with E-state index in [4.69, 9.17) is 9.47 Å². The van der Waals surface area contributed by atoms with Gasteiger partial charge in [0, 0.05) is 6.42 Å². The number of rotatable bonds is 7. The van der Waals surface area contributed by atoms with Crippen molar-refractivity contribution < 1.29 is 19.1 Å². The molecule has 0 saturated heterocycles. The summed E-state index contributed by atoms with van der Waals surface area (Å²) in [6, 6.07) is 0. The predicted molar refractivity (Wildman–Crippen MR) is 70.1 cm³/mol. The number of esters is 2. The maximum Gasteiger partial charge on any atom is 0.309 e. The van der Waals surface area contributed by atoms with E-state index in [-0.39, 0.29) is 17.9 Å². The summed E-state index contributed by atoms with van der Waals surface area (Å²) >= 11 is 0. The quantitative estimate of drug-likeness (QED) is 0.658. The summed E-state index contributed by atoms with van der Waals surface area (Å²) in [7, 11) is 0. The van der Waals surface area contributed by atoms with Crippen molar-refractivity contribution in [3.8, 4) is 0 Å². The molecule has 0 bridgehead atoms. The van der Waals surface area contributed by atoms with E-state index >= 15 is 0 Å². The van der Waals surface area contributed by atoms with E-state index in [9.17, 15) is 9.59 Å². The van der Waals surface area contributed by atoms with Crippen molar-refractivity contribution in [3.63, 3.8) is 0 Å². The van der Waals surface area contributed by atoms with Crippen LogP contribution in [-0.4, -0.2) is 24.1 Å². The lowest BCUT2D eigenvalue weighted by Crippen LogP contribution is -2.28. The van der Waals surface area contributed by atoms with Gasteiger partial charge in [0.2, 0.25) is 0 Å². The minimum absolute atomic E-state index is 0.126. The largest absolute Gasteiger partial charge is 0.466 e. The number of hydrogen-bond acceptors (Lipinski definition) is 4. The first-order valence-corrected chi connectivity index (χ1v) is 6.68. The highest BCUT2D eigenvalue weighted by Crippen LogP contribution is 2.18. The summed E-state index contributed by atoms with van der Waals surface area (Å²) in [6.07, 6.45) is 2.44. The molecule has 0 heterocycles. The average molecular weight is 258 g/mol. The third-order valence-electron chi connectivity index (χ3n) is 2.47. The van der Waals surface area contributed by atoms with Crippen molar-refractivity contribution in [2.24, 2.45) is 5.92 Å². The molecule has 0 fully saturated rings. The maximum atomic E-state index is 11.9. The van der Waals surface area contributed by atoms with Gasteiger partial charge in [0.1, 0.15) is 5.60 Å². The summed E-state index contributed by atoms with van der Waals surface area (Å²) in [5, 5.41) is 0. The molecule has 0 radical (unpaired) electrons. The fourth-order valence-electron chi connectivity index (χ4n) is 1.60. The molecule has 0 N–H and O–H groups in total. The molecule has 106 valence electrons. The standard InChI is InChI=1S/C14H26O4/c1-6-11(13(16)18-14(3,4)5)9-8-10-12(15)17-7-2/h11H,6-10H2,1-5H3. The lowest BCUT2D eigenvalue weighted by Gasteiger charge is -2.23. The highest BCUT2D eigenvalue weighted by atomic mass is 16.6. The Kier molecular flexibility index (Phi) is 7.64. The molecule has 0 aliphatic rings. The zero-order chi connectivity index (χ0) is 14.2. The van der Waals surface area contributed by atoms with Crippen LogP contribution < -0.4 is 0 Å². The number of ether oxygens (including phenoxy) is 2. The molecule has 0 rings (SSSR count). The van der Waals surface area contributed by atoms with Crippen LogP contribution in [0.3, 0.4) is 0 Å². The van der Waals surface area contributed by atoms with Crippen molar-refractivity contribution >= 4 is 11.9 Å². The van der Waals surface area contributed by atoms with Gasteiger partial charge in [-0.25, -0.2) is 0 Å². The first kappa shape index (κ1) is 16.9. The predicted octanol–water partition coefficient (Wildman–Crippen LogP) is 3.09. The Bertz CT molecular complexity index is 265. The van der Waals surface area contributed by atoms with Gasteiger partial charge in [0.05, 0.1) is 12.5 Å². The van der Waals surface area contributed by atoms with Crippen molar-refractivity contribution in [1.29, 1.82) is 0 Å². The Morgan fingerprint density at radius 3 is 2.22 bits per heavy atom. The van der Waals surface area contributed by atoms with E-state index in [1.165, 1.54) is 0 Å². The molecule has 1 atom stereocenters. The molecule has 0 aromatic rings. The van der Waals surface area contributed by atoms with Crippen LogP contribution in [0.2, 0.25) is 0 Å². The van der Waals surface area contributed by atoms with Gasteiger partial charge in [0.15, 0.2) is 0 Å². The van der Waals surface area contributed by atoms with Crippen LogP contribution in [0, 0.1) is 5.92 Å². The lowest BCUT2D eigenvalue weighted by molar-refractivity contribution is -0.160. The number of hydrogen-bond donors (Lipinski definition) is 0. The SMILES string of the molecule is CCOC(=O)CCCC(CC)C(=O)OC(C)(C)C. The van der Waals surface area contributed by atoms with Crippen LogP contribution in [0.1, 0.15) is 60.3 Å². The van der Waals surface area contributed by atoms with Crippen LogP contribution >= 0.6 is 0 Å². The van der Waals surface area contributed by atoms with E-state index in [2.05, 4.69) is 0 Å².